The van der Waals surface area contributed by atoms with Gasteiger partial charge in [-0.3, -0.25) is 9.88 Å². The maximum absolute atomic E-state index is 4.37. The predicted molar refractivity (Wildman–Crippen MR) is 78.0 cm³/mol. The van der Waals surface area contributed by atoms with Crippen LogP contribution in [-0.4, -0.2) is 23.0 Å². The van der Waals surface area contributed by atoms with E-state index in [1.807, 2.05) is 18.3 Å². The van der Waals surface area contributed by atoms with Gasteiger partial charge in [0.1, 0.15) is 0 Å². The lowest BCUT2D eigenvalue weighted by molar-refractivity contribution is 0.331. The van der Waals surface area contributed by atoms with Crippen LogP contribution in [0.3, 0.4) is 0 Å². The van der Waals surface area contributed by atoms with Gasteiger partial charge in [-0.2, -0.15) is 0 Å². The van der Waals surface area contributed by atoms with Gasteiger partial charge in [0.2, 0.25) is 0 Å². The SMILES string of the molecule is c1ccc(Cc2ccc(CN3CCCC3)cc2)nc1. The Labute approximate surface area is 115 Å². The van der Waals surface area contributed by atoms with Crippen molar-refractivity contribution in [2.75, 3.05) is 13.1 Å². The number of hydrogen-bond donors (Lipinski definition) is 0. The molecule has 1 fully saturated rings. The molecule has 1 saturated heterocycles. The molecule has 0 saturated carbocycles. The van der Waals surface area contributed by atoms with Crippen molar-refractivity contribution in [2.45, 2.75) is 25.8 Å². The summed E-state index contributed by atoms with van der Waals surface area (Å²) in [5.74, 6) is 0. The monoisotopic (exact) mass is 252 g/mol. The molecule has 0 bridgehead atoms. The quantitative estimate of drug-likeness (QED) is 0.830. The fraction of sp³-hybridized carbons (Fsp3) is 0.353. The van der Waals surface area contributed by atoms with Gasteiger partial charge in [-0.05, 0) is 49.2 Å². The molecular weight excluding hydrogens is 232 g/mol. The number of nitrogens with zero attached hydrogens (tertiary/aromatic N) is 2. The molecule has 0 radical (unpaired) electrons. The average molecular weight is 252 g/mol. The summed E-state index contributed by atoms with van der Waals surface area (Å²) in [4.78, 5) is 6.91. The lowest BCUT2D eigenvalue weighted by Crippen LogP contribution is -2.18. The summed E-state index contributed by atoms with van der Waals surface area (Å²) >= 11 is 0. The Balaban J connectivity index is 1.62. The van der Waals surface area contributed by atoms with E-state index in [9.17, 15) is 0 Å². The molecule has 0 unspecified atom stereocenters. The molecule has 2 heterocycles. The van der Waals surface area contributed by atoms with Crippen LogP contribution in [0, 0.1) is 0 Å². The average Bonchev–Trinajstić information content (AvgIpc) is 2.95. The Morgan fingerprint density at radius 3 is 2.32 bits per heavy atom. The number of rotatable bonds is 4. The van der Waals surface area contributed by atoms with Gasteiger partial charge in [-0.1, -0.05) is 30.3 Å². The Morgan fingerprint density at radius 1 is 0.895 bits per heavy atom. The molecule has 1 aliphatic rings. The fourth-order valence-corrected chi connectivity index (χ4v) is 2.67. The van der Waals surface area contributed by atoms with Crippen molar-refractivity contribution < 1.29 is 0 Å². The lowest BCUT2D eigenvalue weighted by Gasteiger charge is -2.14. The van der Waals surface area contributed by atoms with Crippen LogP contribution >= 0.6 is 0 Å². The molecule has 19 heavy (non-hydrogen) atoms. The first-order chi connectivity index (χ1) is 9.40. The molecule has 1 aromatic carbocycles. The highest BCUT2D eigenvalue weighted by atomic mass is 15.1. The van der Waals surface area contributed by atoms with E-state index in [1.54, 1.807) is 0 Å². The third kappa shape index (κ3) is 3.42. The lowest BCUT2D eigenvalue weighted by atomic mass is 10.1. The van der Waals surface area contributed by atoms with Gasteiger partial charge in [-0.15, -0.1) is 0 Å². The van der Waals surface area contributed by atoms with E-state index < -0.39 is 0 Å². The zero-order valence-corrected chi connectivity index (χ0v) is 11.3. The largest absolute Gasteiger partial charge is 0.299 e. The maximum atomic E-state index is 4.37. The van der Waals surface area contributed by atoms with Gasteiger partial charge in [0.25, 0.3) is 0 Å². The Bertz CT molecular complexity index is 499. The van der Waals surface area contributed by atoms with Gasteiger partial charge in [0.15, 0.2) is 0 Å². The minimum absolute atomic E-state index is 0.921. The number of hydrogen-bond acceptors (Lipinski definition) is 2. The summed E-state index contributed by atoms with van der Waals surface area (Å²) in [6, 6.07) is 15.1. The number of benzene rings is 1. The van der Waals surface area contributed by atoms with Crippen molar-refractivity contribution >= 4 is 0 Å². The van der Waals surface area contributed by atoms with E-state index in [0.29, 0.717) is 0 Å². The van der Waals surface area contributed by atoms with Gasteiger partial charge < -0.3 is 0 Å². The van der Waals surface area contributed by atoms with Crippen LogP contribution in [0.1, 0.15) is 29.7 Å². The Morgan fingerprint density at radius 2 is 1.63 bits per heavy atom. The molecule has 0 atom stereocenters. The molecule has 2 aromatic rings. The minimum Gasteiger partial charge on any atom is -0.299 e. The first-order valence-electron chi connectivity index (χ1n) is 7.10. The van der Waals surface area contributed by atoms with Crippen molar-refractivity contribution in [3.8, 4) is 0 Å². The molecule has 2 heteroatoms. The summed E-state index contributed by atoms with van der Waals surface area (Å²) < 4.78 is 0. The minimum atomic E-state index is 0.921. The molecule has 3 rings (SSSR count). The summed E-state index contributed by atoms with van der Waals surface area (Å²) in [6.45, 7) is 3.62. The second-order valence-corrected chi connectivity index (χ2v) is 5.30. The van der Waals surface area contributed by atoms with Crippen molar-refractivity contribution in [3.05, 3.63) is 65.5 Å². The van der Waals surface area contributed by atoms with E-state index in [1.165, 1.54) is 37.1 Å². The Hall–Kier alpha value is -1.67. The van der Waals surface area contributed by atoms with Crippen molar-refractivity contribution in [3.63, 3.8) is 0 Å². The van der Waals surface area contributed by atoms with Gasteiger partial charge in [0, 0.05) is 24.9 Å². The number of likely N-dealkylation sites (tertiary alicyclic amines) is 1. The van der Waals surface area contributed by atoms with E-state index in [-0.39, 0.29) is 0 Å². The van der Waals surface area contributed by atoms with E-state index >= 15 is 0 Å². The molecule has 0 spiro atoms. The summed E-state index contributed by atoms with van der Waals surface area (Å²) in [6.07, 6.45) is 5.50. The van der Waals surface area contributed by atoms with Crippen LogP contribution < -0.4 is 0 Å². The number of aromatic nitrogens is 1. The van der Waals surface area contributed by atoms with Crippen molar-refractivity contribution in [2.24, 2.45) is 0 Å². The second-order valence-electron chi connectivity index (χ2n) is 5.30. The van der Waals surface area contributed by atoms with E-state index in [0.717, 1.165) is 18.7 Å². The van der Waals surface area contributed by atoms with Gasteiger partial charge in [-0.25, -0.2) is 0 Å². The standard InChI is InChI=1S/C17H20N2/c1-2-10-18-17(5-1)13-15-6-8-16(9-7-15)14-19-11-3-4-12-19/h1-2,5-10H,3-4,11-14H2. The molecule has 1 aliphatic heterocycles. The molecule has 0 amide bonds. The van der Waals surface area contributed by atoms with Crippen LogP contribution in [0.4, 0.5) is 0 Å². The summed E-state index contributed by atoms with van der Waals surface area (Å²) in [5, 5.41) is 0. The van der Waals surface area contributed by atoms with Crippen LogP contribution in [0.5, 0.6) is 0 Å². The predicted octanol–water partition coefficient (Wildman–Crippen LogP) is 3.27. The highest BCUT2D eigenvalue weighted by Crippen LogP contribution is 2.14. The normalized spacial score (nSPS) is 15.8. The highest BCUT2D eigenvalue weighted by molar-refractivity contribution is 5.26. The van der Waals surface area contributed by atoms with Crippen LogP contribution in [-0.2, 0) is 13.0 Å². The topological polar surface area (TPSA) is 16.1 Å². The second kappa shape index (κ2) is 5.98. The molecule has 0 N–H and O–H groups in total. The van der Waals surface area contributed by atoms with Crippen molar-refractivity contribution in [1.29, 1.82) is 0 Å². The zero-order valence-electron chi connectivity index (χ0n) is 11.3. The molecule has 0 aliphatic carbocycles. The Kier molecular flexibility index (Phi) is 3.89. The van der Waals surface area contributed by atoms with Crippen LogP contribution in [0.25, 0.3) is 0 Å². The maximum Gasteiger partial charge on any atom is 0.0447 e. The van der Waals surface area contributed by atoms with Gasteiger partial charge in [0.05, 0.1) is 0 Å². The summed E-state index contributed by atoms with van der Waals surface area (Å²) in [5.41, 5.74) is 3.89. The first-order valence-corrected chi connectivity index (χ1v) is 7.10. The fourth-order valence-electron chi connectivity index (χ4n) is 2.67. The third-order valence-corrected chi connectivity index (χ3v) is 3.74. The van der Waals surface area contributed by atoms with Crippen molar-refractivity contribution in [1.82, 2.24) is 9.88 Å². The first kappa shape index (κ1) is 12.4. The van der Waals surface area contributed by atoms with Crippen LogP contribution in [0.2, 0.25) is 0 Å². The molecule has 1 aromatic heterocycles. The zero-order chi connectivity index (χ0) is 12.9. The molecular formula is C17H20N2. The molecule has 98 valence electrons. The van der Waals surface area contributed by atoms with E-state index in [2.05, 4.69) is 40.2 Å². The highest BCUT2D eigenvalue weighted by Gasteiger charge is 2.11. The number of pyridine rings is 1. The smallest absolute Gasteiger partial charge is 0.0447 e. The summed E-state index contributed by atoms with van der Waals surface area (Å²) in [7, 11) is 0. The third-order valence-electron chi connectivity index (χ3n) is 3.74. The van der Waals surface area contributed by atoms with E-state index in [4.69, 9.17) is 0 Å². The van der Waals surface area contributed by atoms with Crippen LogP contribution in [0.15, 0.2) is 48.7 Å². The van der Waals surface area contributed by atoms with Gasteiger partial charge >= 0.3 is 0 Å². The molecule has 2 nitrogen and oxygen atoms in total.